The maximum atomic E-state index is 2.49. The van der Waals surface area contributed by atoms with E-state index in [1.54, 1.807) is 0 Å². The lowest BCUT2D eigenvalue weighted by molar-refractivity contribution is 0.660. The molecule has 0 atom stereocenters. The van der Waals surface area contributed by atoms with E-state index >= 15 is 0 Å². The van der Waals surface area contributed by atoms with Crippen LogP contribution in [0, 0.1) is 6.92 Å². The molecule has 0 unspecified atom stereocenters. The Morgan fingerprint density at radius 2 is 0.824 bits per heavy atom. The minimum Gasteiger partial charge on any atom is -0.0622 e. The molecule has 0 nitrogen and oxygen atoms in total. The van der Waals surface area contributed by atoms with Gasteiger partial charge in [-0.1, -0.05) is 167 Å². The molecule has 0 aliphatic heterocycles. The van der Waals surface area contributed by atoms with Crippen molar-refractivity contribution in [1.29, 1.82) is 0 Å². The van der Waals surface area contributed by atoms with Crippen LogP contribution in [-0.4, -0.2) is 0 Å². The molecule has 0 radical (unpaired) electrons. The SMILES string of the molecule is Cc1ccc2c(-c3ccc4c(c3)C(C)(C)c3cc(-c5ccccc5)ccc3-4)c3ccccc3c(-c3ccc4c(c3)-c3ccccc3C4(C)C)c2c1. The Kier molecular flexibility index (Phi) is 6.29. The molecule has 0 amide bonds. The van der Waals surface area contributed by atoms with Gasteiger partial charge in [0.1, 0.15) is 0 Å². The number of fused-ring (bicyclic) bond motifs is 8. The maximum Gasteiger partial charge on any atom is 0.0159 e. The molecule has 0 fully saturated rings. The zero-order chi connectivity index (χ0) is 34.6. The van der Waals surface area contributed by atoms with E-state index in [0.717, 1.165) is 0 Å². The smallest absolute Gasteiger partial charge is 0.0159 e. The fourth-order valence-corrected chi connectivity index (χ4v) is 9.49. The summed E-state index contributed by atoms with van der Waals surface area (Å²) in [5.74, 6) is 0. The number of hydrogen-bond acceptors (Lipinski definition) is 0. The van der Waals surface area contributed by atoms with Crippen LogP contribution >= 0.6 is 0 Å². The van der Waals surface area contributed by atoms with Crippen molar-refractivity contribution in [3.63, 3.8) is 0 Å². The van der Waals surface area contributed by atoms with Gasteiger partial charge in [0, 0.05) is 10.8 Å². The average Bonchev–Trinajstić information content (AvgIpc) is 3.52. The molecule has 0 saturated carbocycles. The van der Waals surface area contributed by atoms with E-state index in [-0.39, 0.29) is 10.8 Å². The van der Waals surface area contributed by atoms with E-state index in [1.165, 1.54) is 105 Å². The number of rotatable bonds is 3. The van der Waals surface area contributed by atoms with Gasteiger partial charge in [0.05, 0.1) is 0 Å². The third kappa shape index (κ3) is 4.26. The lowest BCUT2D eigenvalue weighted by atomic mass is 9.79. The molecule has 8 aromatic carbocycles. The van der Waals surface area contributed by atoms with Crippen LogP contribution in [0.3, 0.4) is 0 Å². The molecule has 51 heavy (non-hydrogen) atoms. The molecule has 0 heteroatoms. The monoisotopic (exact) mass is 652 g/mol. The normalized spacial score (nSPS) is 14.7. The zero-order valence-electron chi connectivity index (χ0n) is 29.9. The van der Waals surface area contributed by atoms with Gasteiger partial charge >= 0.3 is 0 Å². The van der Waals surface area contributed by atoms with Gasteiger partial charge in [-0.25, -0.2) is 0 Å². The predicted molar refractivity (Wildman–Crippen MR) is 218 cm³/mol. The van der Waals surface area contributed by atoms with Crippen LogP contribution in [0.15, 0.2) is 152 Å². The summed E-state index contributed by atoms with van der Waals surface area (Å²) in [4.78, 5) is 0. The summed E-state index contributed by atoms with van der Waals surface area (Å²) in [6.07, 6.45) is 0. The molecule has 8 aromatic rings. The van der Waals surface area contributed by atoms with Gasteiger partial charge in [-0.05, 0) is 125 Å². The molecule has 10 rings (SSSR count). The van der Waals surface area contributed by atoms with Gasteiger partial charge in [-0.15, -0.1) is 0 Å². The summed E-state index contributed by atoms with van der Waals surface area (Å²) in [5.41, 5.74) is 19.9. The van der Waals surface area contributed by atoms with Gasteiger partial charge in [0.25, 0.3) is 0 Å². The Morgan fingerprint density at radius 3 is 1.57 bits per heavy atom. The lowest BCUT2D eigenvalue weighted by Crippen LogP contribution is -2.15. The van der Waals surface area contributed by atoms with Crippen molar-refractivity contribution in [1.82, 2.24) is 0 Å². The minimum atomic E-state index is -0.123. The first-order valence-electron chi connectivity index (χ1n) is 18.3. The number of benzene rings is 8. The van der Waals surface area contributed by atoms with Crippen LogP contribution in [0.25, 0.3) is 77.2 Å². The van der Waals surface area contributed by atoms with Crippen molar-refractivity contribution >= 4 is 21.5 Å². The fourth-order valence-electron chi connectivity index (χ4n) is 9.49. The summed E-state index contributed by atoms with van der Waals surface area (Å²) in [7, 11) is 0. The van der Waals surface area contributed by atoms with Crippen LogP contribution in [0.4, 0.5) is 0 Å². The summed E-state index contributed by atoms with van der Waals surface area (Å²) in [6, 6.07) is 57.3. The predicted octanol–water partition coefficient (Wildman–Crippen LogP) is 13.9. The molecule has 0 heterocycles. The van der Waals surface area contributed by atoms with Crippen molar-refractivity contribution in [2.24, 2.45) is 0 Å². The first-order valence-corrected chi connectivity index (χ1v) is 18.3. The van der Waals surface area contributed by atoms with E-state index < -0.39 is 0 Å². The second-order valence-electron chi connectivity index (χ2n) is 15.8. The van der Waals surface area contributed by atoms with E-state index in [1.807, 2.05) is 0 Å². The van der Waals surface area contributed by atoms with E-state index in [9.17, 15) is 0 Å². The number of hydrogen-bond donors (Lipinski definition) is 0. The highest BCUT2D eigenvalue weighted by atomic mass is 14.4. The topological polar surface area (TPSA) is 0 Å². The van der Waals surface area contributed by atoms with Crippen LogP contribution < -0.4 is 0 Å². The van der Waals surface area contributed by atoms with E-state index in [4.69, 9.17) is 0 Å². The van der Waals surface area contributed by atoms with Gasteiger partial charge in [-0.2, -0.15) is 0 Å². The standard InChI is InChI=1S/C51H40/c1-31-19-23-41-43(27-31)49(34-22-26-45-42(28-34)36-15-11-12-18-44(36)50(45,2)3)40-17-10-9-16-39(40)48(41)35-21-25-38-37-24-20-33(32-13-7-6-8-14-32)29-46(37)51(4,5)47(38)30-35/h6-30H,1-5H3. The molecular formula is C51H40. The van der Waals surface area contributed by atoms with Crippen molar-refractivity contribution < 1.29 is 0 Å². The first-order chi connectivity index (χ1) is 24.7. The largest absolute Gasteiger partial charge is 0.0622 e. The van der Waals surface area contributed by atoms with Crippen LogP contribution in [0.1, 0.15) is 55.5 Å². The summed E-state index contributed by atoms with van der Waals surface area (Å²) in [6.45, 7) is 11.7. The molecule has 0 saturated heterocycles. The Bertz CT molecular complexity index is 2740. The maximum absolute atomic E-state index is 2.49. The molecular weight excluding hydrogens is 613 g/mol. The molecule has 0 spiro atoms. The second-order valence-corrected chi connectivity index (χ2v) is 15.8. The Morgan fingerprint density at radius 1 is 0.314 bits per heavy atom. The molecule has 0 N–H and O–H groups in total. The summed E-state index contributed by atoms with van der Waals surface area (Å²) < 4.78 is 0. The van der Waals surface area contributed by atoms with Crippen molar-refractivity contribution in [2.45, 2.75) is 45.4 Å². The van der Waals surface area contributed by atoms with Crippen molar-refractivity contribution in [2.75, 3.05) is 0 Å². The Balaban J connectivity index is 1.19. The second kappa shape index (κ2) is 10.6. The van der Waals surface area contributed by atoms with Crippen molar-refractivity contribution in [3.05, 3.63) is 179 Å². The summed E-state index contributed by atoms with van der Waals surface area (Å²) >= 11 is 0. The number of aryl methyl sites for hydroxylation is 1. The van der Waals surface area contributed by atoms with Crippen LogP contribution in [0.5, 0.6) is 0 Å². The zero-order valence-corrected chi connectivity index (χ0v) is 29.9. The van der Waals surface area contributed by atoms with Gasteiger partial charge in [0.15, 0.2) is 0 Å². The van der Waals surface area contributed by atoms with E-state index in [2.05, 4.69) is 186 Å². The Labute approximate surface area is 301 Å². The molecule has 244 valence electrons. The van der Waals surface area contributed by atoms with E-state index in [0.29, 0.717) is 0 Å². The highest BCUT2D eigenvalue weighted by Crippen LogP contribution is 2.53. The van der Waals surface area contributed by atoms with Crippen molar-refractivity contribution in [3.8, 4) is 55.6 Å². The van der Waals surface area contributed by atoms with Crippen LogP contribution in [0.2, 0.25) is 0 Å². The fraction of sp³-hybridized carbons (Fsp3) is 0.137. The van der Waals surface area contributed by atoms with Gasteiger partial charge < -0.3 is 0 Å². The highest BCUT2D eigenvalue weighted by molar-refractivity contribution is 6.21. The quantitative estimate of drug-likeness (QED) is 0.167. The van der Waals surface area contributed by atoms with Crippen LogP contribution in [-0.2, 0) is 10.8 Å². The first kappa shape index (κ1) is 30.1. The molecule has 2 aliphatic carbocycles. The molecule has 0 bridgehead atoms. The third-order valence-corrected chi connectivity index (χ3v) is 12.1. The van der Waals surface area contributed by atoms with Gasteiger partial charge in [0.2, 0.25) is 0 Å². The van der Waals surface area contributed by atoms with Gasteiger partial charge in [-0.3, -0.25) is 0 Å². The molecule has 0 aromatic heterocycles. The molecule has 2 aliphatic rings. The Hall–Kier alpha value is -5.72. The summed E-state index contributed by atoms with van der Waals surface area (Å²) in [5, 5.41) is 5.20. The highest BCUT2D eigenvalue weighted by Gasteiger charge is 2.37. The average molecular weight is 653 g/mol. The lowest BCUT2D eigenvalue weighted by Gasteiger charge is -2.24. The third-order valence-electron chi connectivity index (χ3n) is 12.1. The minimum absolute atomic E-state index is 0.0147.